The highest BCUT2D eigenvalue weighted by Gasteiger charge is 2.25. The number of nitrogens with zero attached hydrogens (tertiary/aromatic N) is 3. The van der Waals surface area contributed by atoms with Crippen LogP contribution in [0.1, 0.15) is 22.9 Å². The van der Waals surface area contributed by atoms with E-state index >= 15 is 0 Å². The van der Waals surface area contributed by atoms with E-state index in [9.17, 15) is 4.79 Å². The minimum absolute atomic E-state index is 0.142. The first-order chi connectivity index (χ1) is 10.6. The topological polar surface area (TPSA) is 49.6 Å². The number of rotatable bonds is 4. The average Bonchev–Trinajstić information content (AvgIpc) is 2.88. The van der Waals surface area contributed by atoms with Crippen molar-refractivity contribution in [2.24, 2.45) is 0 Å². The van der Waals surface area contributed by atoms with Gasteiger partial charge in [-0.1, -0.05) is 30.3 Å². The number of hydrogen-bond acceptors (Lipinski definition) is 4. The highest BCUT2D eigenvalue weighted by Crippen LogP contribution is 2.21. The van der Waals surface area contributed by atoms with Crippen molar-refractivity contribution in [1.29, 1.82) is 0 Å². The smallest absolute Gasteiger partial charge is 0.237 e. The summed E-state index contributed by atoms with van der Waals surface area (Å²) in [5, 5.41) is 0. The van der Waals surface area contributed by atoms with Crippen molar-refractivity contribution in [3.63, 3.8) is 0 Å². The highest BCUT2D eigenvalue weighted by atomic mass is 16.4. The molecule has 1 aliphatic rings. The van der Waals surface area contributed by atoms with Crippen LogP contribution < -0.4 is 0 Å². The zero-order valence-corrected chi connectivity index (χ0v) is 13.1. The van der Waals surface area contributed by atoms with E-state index in [2.05, 4.69) is 17.1 Å². The summed E-state index contributed by atoms with van der Waals surface area (Å²) in [4.78, 5) is 20.5. The third-order valence-electron chi connectivity index (χ3n) is 3.77. The predicted octanol–water partition coefficient (Wildman–Crippen LogP) is 1.71. The molecule has 5 nitrogen and oxygen atoms in total. The maximum Gasteiger partial charge on any atom is 0.237 e. The zero-order valence-electron chi connectivity index (χ0n) is 13.1. The van der Waals surface area contributed by atoms with Gasteiger partial charge in [0.2, 0.25) is 5.91 Å². The Morgan fingerprint density at radius 3 is 2.82 bits per heavy atom. The van der Waals surface area contributed by atoms with Crippen molar-refractivity contribution in [1.82, 2.24) is 14.8 Å². The van der Waals surface area contributed by atoms with Gasteiger partial charge in [0, 0.05) is 19.4 Å². The Morgan fingerprint density at radius 1 is 1.32 bits per heavy atom. The quantitative estimate of drug-likeness (QED) is 0.862. The molecule has 0 saturated heterocycles. The summed E-state index contributed by atoms with van der Waals surface area (Å²) in [5.74, 6) is 1.81. The monoisotopic (exact) mass is 299 g/mol. The number of fused-ring (bicyclic) bond motifs is 1. The Bertz CT molecular complexity index is 649. The number of oxazole rings is 1. The van der Waals surface area contributed by atoms with Gasteiger partial charge in [0.25, 0.3) is 0 Å². The Labute approximate surface area is 130 Å². The molecular formula is C17H21N3O2. The van der Waals surface area contributed by atoms with Crippen molar-refractivity contribution in [3.05, 3.63) is 53.2 Å². The molecule has 1 aromatic carbocycles. The van der Waals surface area contributed by atoms with E-state index in [4.69, 9.17) is 4.42 Å². The number of aromatic nitrogens is 1. The predicted molar refractivity (Wildman–Crippen MR) is 83.4 cm³/mol. The van der Waals surface area contributed by atoms with Crippen molar-refractivity contribution in [2.45, 2.75) is 19.4 Å². The summed E-state index contributed by atoms with van der Waals surface area (Å²) >= 11 is 0. The SMILES string of the molecule is CN(C)CC(=O)N1CCc2oc(Cc3ccccc3)nc2C1. The molecule has 0 fully saturated rings. The van der Waals surface area contributed by atoms with E-state index in [1.54, 1.807) is 0 Å². The van der Waals surface area contributed by atoms with Crippen LogP contribution in [0.25, 0.3) is 0 Å². The largest absolute Gasteiger partial charge is 0.445 e. The van der Waals surface area contributed by atoms with Crippen LogP contribution in [0.5, 0.6) is 0 Å². The molecule has 0 aliphatic carbocycles. The van der Waals surface area contributed by atoms with E-state index < -0.39 is 0 Å². The van der Waals surface area contributed by atoms with Gasteiger partial charge in [-0.15, -0.1) is 0 Å². The van der Waals surface area contributed by atoms with Crippen LogP contribution in [0.2, 0.25) is 0 Å². The van der Waals surface area contributed by atoms with E-state index in [0.29, 0.717) is 26.1 Å². The fourth-order valence-corrected chi connectivity index (χ4v) is 2.68. The molecule has 3 rings (SSSR count). The molecule has 1 amide bonds. The molecule has 0 radical (unpaired) electrons. The van der Waals surface area contributed by atoms with E-state index in [1.165, 1.54) is 5.56 Å². The third kappa shape index (κ3) is 3.36. The summed E-state index contributed by atoms with van der Waals surface area (Å²) < 4.78 is 5.86. The summed E-state index contributed by atoms with van der Waals surface area (Å²) in [7, 11) is 3.81. The van der Waals surface area contributed by atoms with E-state index in [0.717, 1.165) is 23.8 Å². The van der Waals surface area contributed by atoms with Gasteiger partial charge in [-0.3, -0.25) is 4.79 Å². The number of carbonyl (C=O) groups is 1. The minimum Gasteiger partial charge on any atom is -0.445 e. The lowest BCUT2D eigenvalue weighted by molar-refractivity contribution is -0.132. The molecule has 1 aliphatic heterocycles. The van der Waals surface area contributed by atoms with Gasteiger partial charge in [0.05, 0.1) is 13.1 Å². The van der Waals surface area contributed by atoms with Gasteiger partial charge in [-0.2, -0.15) is 0 Å². The van der Waals surface area contributed by atoms with Crippen molar-refractivity contribution >= 4 is 5.91 Å². The molecule has 2 heterocycles. The van der Waals surface area contributed by atoms with Crippen molar-refractivity contribution in [2.75, 3.05) is 27.2 Å². The van der Waals surface area contributed by atoms with Crippen LogP contribution in [0.15, 0.2) is 34.7 Å². The molecule has 22 heavy (non-hydrogen) atoms. The second kappa shape index (κ2) is 6.32. The Hall–Kier alpha value is -2.14. The number of hydrogen-bond donors (Lipinski definition) is 0. The molecule has 0 unspecified atom stereocenters. The normalized spacial score (nSPS) is 14.2. The minimum atomic E-state index is 0.142. The maximum absolute atomic E-state index is 12.1. The van der Waals surface area contributed by atoms with Crippen LogP contribution in [0, 0.1) is 0 Å². The first-order valence-electron chi connectivity index (χ1n) is 7.55. The highest BCUT2D eigenvalue weighted by molar-refractivity contribution is 5.78. The molecular weight excluding hydrogens is 278 g/mol. The van der Waals surface area contributed by atoms with Crippen LogP contribution >= 0.6 is 0 Å². The van der Waals surface area contributed by atoms with Crippen LogP contribution in [-0.4, -0.2) is 47.9 Å². The first-order valence-corrected chi connectivity index (χ1v) is 7.55. The summed E-state index contributed by atoms with van der Waals surface area (Å²) in [6.45, 7) is 1.70. The second-order valence-corrected chi connectivity index (χ2v) is 5.94. The van der Waals surface area contributed by atoms with E-state index in [1.807, 2.05) is 42.1 Å². The lowest BCUT2D eigenvalue weighted by Crippen LogP contribution is -2.40. The van der Waals surface area contributed by atoms with E-state index in [-0.39, 0.29) is 5.91 Å². The van der Waals surface area contributed by atoms with Crippen molar-refractivity contribution < 1.29 is 9.21 Å². The molecule has 0 saturated carbocycles. The van der Waals surface area contributed by atoms with Crippen LogP contribution in [-0.2, 0) is 24.2 Å². The molecule has 0 N–H and O–H groups in total. The lowest BCUT2D eigenvalue weighted by atomic mass is 10.1. The second-order valence-electron chi connectivity index (χ2n) is 5.94. The van der Waals surface area contributed by atoms with Gasteiger partial charge in [0.1, 0.15) is 11.5 Å². The molecule has 0 spiro atoms. The molecule has 5 heteroatoms. The lowest BCUT2D eigenvalue weighted by Gasteiger charge is -2.26. The fourth-order valence-electron chi connectivity index (χ4n) is 2.68. The standard InChI is InChI=1S/C17H21N3O2/c1-19(2)12-17(21)20-9-8-15-14(11-20)18-16(22-15)10-13-6-4-3-5-7-13/h3-7H,8-12H2,1-2H3. The number of carbonyl (C=O) groups excluding carboxylic acids is 1. The van der Waals surface area contributed by atoms with Gasteiger partial charge in [0.15, 0.2) is 5.89 Å². The maximum atomic E-state index is 12.1. The Morgan fingerprint density at radius 2 is 2.09 bits per heavy atom. The molecule has 0 atom stereocenters. The van der Waals surface area contributed by atoms with Crippen LogP contribution in [0.3, 0.4) is 0 Å². The zero-order chi connectivity index (χ0) is 15.5. The van der Waals surface area contributed by atoms with Gasteiger partial charge < -0.3 is 14.2 Å². The third-order valence-corrected chi connectivity index (χ3v) is 3.77. The average molecular weight is 299 g/mol. The number of amides is 1. The molecule has 116 valence electrons. The Kier molecular flexibility index (Phi) is 4.24. The van der Waals surface area contributed by atoms with Gasteiger partial charge in [-0.25, -0.2) is 4.98 Å². The van der Waals surface area contributed by atoms with Gasteiger partial charge in [-0.05, 0) is 19.7 Å². The first kappa shape index (κ1) is 14.8. The summed E-state index contributed by atoms with van der Waals surface area (Å²) in [6, 6.07) is 10.2. The Balaban J connectivity index is 1.69. The number of likely N-dealkylation sites (N-methyl/N-ethyl adjacent to an activating group) is 1. The molecule has 1 aromatic heterocycles. The van der Waals surface area contributed by atoms with Crippen LogP contribution in [0.4, 0.5) is 0 Å². The van der Waals surface area contributed by atoms with Gasteiger partial charge >= 0.3 is 0 Å². The number of benzene rings is 1. The molecule has 0 bridgehead atoms. The fraction of sp³-hybridized carbons (Fsp3) is 0.412. The molecule has 2 aromatic rings. The van der Waals surface area contributed by atoms with Crippen molar-refractivity contribution in [3.8, 4) is 0 Å². The summed E-state index contributed by atoms with van der Waals surface area (Å²) in [5.41, 5.74) is 2.09. The summed E-state index contributed by atoms with van der Waals surface area (Å²) in [6.07, 6.45) is 1.44.